The van der Waals surface area contributed by atoms with Gasteiger partial charge in [-0.25, -0.2) is 0 Å². The SMILES string of the molecule is CC1(C)CC1C(=O)C1Cc2ccccc2C1. The first-order valence-corrected chi connectivity index (χ1v) is 6.18. The molecule has 1 aromatic carbocycles. The van der Waals surface area contributed by atoms with E-state index in [1.807, 2.05) is 0 Å². The zero-order chi connectivity index (χ0) is 11.3. The van der Waals surface area contributed by atoms with Crippen molar-refractivity contribution in [3.05, 3.63) is 35.4 Å². The summed E-state index contributed by atoms with van der Waals surface area (Å²) < 4.78 is 0. The van der Waals surface area contributed by atoms with Crippen molar-refractivity contribution in [1.82, 2.24) is 0 Å². The minimum absolute atomic E-state index is 0.268. The van der Waals surface area contributed by atoms with E-state index in [0.717, 1.165) is 19.3 Å². The number of benzene rings is 1. The molecule has 0 aromatic heterocycles. The monoisotopic (exact) mass is 214 g/mol. The summed E-state index contributed by atoms with van der Waals surface area (Å²) in [6.45, 7) is 4.41. The maximum Gasteiger partial charge on any atom is 0.140 e. The van der Waals surface area contributed by atoms with Gasteiger partial charge in [0, 0.05) is 11.8 Å². The van der Waals surface area contributed by atoms with Crippen LogP contribution in [0, 0.1) is 17.3 Å². The van der Waals surface area contributed by atoms with Crippen molar-refractivity contribution in [1.29, 1.82) is 0 Å². The van der Waals surface area contributed by atoms with E-state index < -0.39 is 0 Å². The van der Waals surface area contributed by atoms with Crippen molar-refractivity contribution >= 4 is 5.78 Å². The Morgan fingerprint density at radius 2 is 1.69 bits per heavy atom. The highest BCUT2D eigenvalue weighted by atomic mass is 16.1. The molecule has 1 atom stereocenters. The molecule has 1 fully saturated rings. The number of ketones is 1. The quantitative estimate of drug-likeness (QED) is 0.739. The summed E-state index contributed by atoms with van der Waals surface area (Å²) >= 11 is 0. The summed E-state index contributed by atoms with van der Waals surface area (Å²) in [5.41, 5.74) is 3.06. The second-order valence-electron chi connectivity index (χ2n) is 6.02. The lowest BCUT2D eigenvalue weighted by molar-refractivity contribution is -0.124. The molecular weight excluding hydrogens is 196 g/mol. The highest BCUT2D eigenvalue weighted by Gasteiger charge is 2.52. The van der Waals surface area contributed by atoms with Crippen LogP contribution in [0.4, 0.5) is 0 Å². The molecule has 0 radical (unpaired) electrons. The number of Topliss-reactive ketones (excluding diaryl/α,β-unsaturated/α-hetero) is 1. The molecule has 1 heteroatoms. The van der Waals surface area contributed by atoms with Crippen molar-refractivity contribution in [3.8, 4) is 0 Å². The third-order valence-corrected chi connectivity index (χ3v) is 4.31. The van der Waals surface area contributed by atoms with Crippen LogP contribution in [-0.2, 0) is 17.6 Å². The first-order valence-electron chi connectivity index (χ1n) is 6.18. The second kappa shape index (κ2) is 3.19. The maximum absolute atomic E-state index is 12.3. The molecule has 3 rings (SSSR count). The fourth-order valence-corrected chi connectivity index (χ4v) is 3.00. The van der Waals surface area contributed by atoms with Crippen molar-refractivity contribution < 1.29 is 4.79 Å². The van der Waals surface area contributed by atoms with Gasteiger partial charge in [-0.3, -0.25) is 4.79 Å². The standard InChI is InChI=1S/C15H18O/c1-15(2)9-13(15)14(16)12-7-10-5-3-4-6-11(10)8-12/h3-6,12-13H,7-9H2,1-2H3. The van der Waals surface area contributed by atoms with E-state index in [4.69, 9.17) is 0 Å². The van der Waals surface area contributed by atoms with E-state index in [0.29, 0.717) is 11.7 Å². The first kappa shape index (κ1) is 10.1. The lowest BCUT2D eigenvalue weighted by Gasteiger charge is -2.09. The summed E-state index contributed by atoms with van der Waals surface area (Å²) in [7, 11) is 0. The van der Waals surface area contributed by atoms with Crippen LogP contribution in [0.15, 0.2) is 24.3 Å². The van der Waals surface area contributed by atoms with Gasteiger partial charge in [0.25, 0.3) is 0 Å². The number of hydrogen-bond donors (Lipinski definition) is 0. The molecule has 0 bridgehead atoms. The average Bonchev–Trinajstić information content (AvgIpc) is 2.74. The summed E-state index contributed by atoms with van der Waals surface area (Å²) in [6, 6.07) is 8.49. The van der Waals surface area contributed by atoms with Crippen molar-refractivity contribution in [2.45, 2.75) is 33.1 Å². The Morgan fingerprint density at radius 1 is 1.19 bits per heavy atom. The van der Waals surface area contributed by atoms with Crippen LogP contribution in [-0.4, -0.2) is 5.78 Å². The van der Waals surface area contributed by atoms with E-state index >= 15 is 0 Å². The number of fused-ring (bicyclic) bond motifs is 1. The predicted octanol–water partition coefficient (Wildman–Crippen LogP) is 3.02. The zero-order valence-electron chi connectivity index (χ0n) is 9.99. The van der Waals surface area contributed by atoms with E-state index in [1.54, 1.807) is 0 Å². The molecule has 0 N–H and O–H groups in total. The minimum atomic E-state index is 0.268. The highest BCUT2D eigenvalue weighted by molar-refractivity contribution is 5.87. The summed E-state index contributed by atoms with van der Waals surface area (Å²) in [6.07, 6.45) is 3.04. The second-order valence-corrected chi connectivity index (χ2v) is 6.02. The van der Waals surface area contributed by atoms with Crippen LogP contribution in [0.3, 0.4) is 0 Å². The number of carbonyl (C=O) groups is 1. The molecule has 2 aliphatic rings. The van der Waals surface area contributed by atoms with Crippen LogP contribution in [0.2, 0.25) is 0 Å². The van der Waals surface area contributed by atoms with Crippen molar-refractivity contribution in [2.75, 3.05) is 0 Å². The van der Waals surface area contributed by atoms with Gasteiger partial charge in [-0.15, -0.1) is 0 Å². The molecule has 1 aromatic rings. The lowest BCUT2D eigenvalue weighted by Crippen LogP contribution is -2.18. The molecule has 0 aliphatic heterocycles. The number of rotatable bonds is 2. The Labute approximate surface area is 96.9 Å². The van der Waals surface area contributed by atoms with Gasteiger partial charge < -0.3 is 0 Å². The topological polar surface area (TPSA) is 17.1 Å². The minimum Gasteiger partial charge on any atom is -0.299 e. The third kappa shape index (κ3) is 1.50. The van der Waals surface area contributed by atoms with Crippen molar-refractivity contribution in [3.63, 3.8) is 0 Å². The Hall–Kier alpha value is -1.11. The molecule has 16 heavy (non-hydrogen) atoms. The summed E-state index contributed by atoms with van der Waals surface area (Å²) in [5, 5.41) is 0. The highest BCUT2D eigenvalue weighted by Crippen LogP contribution is 2.53. The predicted molar refractivity (Wildman–Crippen MR) is 64.2 cm³/mol. The van der Waals surface area contributed by atoms with Gasteiger partial charge >= 0.3 is 0 Å². The maximum atomic E-state index is 12.3. The lowest BCUT2D eigenvalue weighted by atomic mass is 9.94. The number of hydrogen-bond acceptors (Lipinski definition) is 1. The van der Waals surface area contributed by atoms with Gasteiger partial charge in [0.1, 0.15) is 5.78 Å². The largest absolute Gasteiger partial charge is 0.299 e. The first-order chi connectivity index (χ1) is 7.58. The van der Waals surface area contributed by atoms with Gasteiger partial charge in [-0.2, -0.15) is 0 Å². The Balaban J connectivity index is 1.75. The summed E-state index contributed by atoms with van der Waals surface area (Å²) in [5.74, 6) is 1.12. The molecule has 1 unspecified atom stereocenters. The third-order valence-electron chi connectivity index (χ3n) is 4.31. The van der Waals surface area contributed by atoms with Crippen LogP contribution < -0.4 is 0 Å². The fourth-order valence-electron chi connectivity index (χ4n) is 3.00. The molecule has 2 aliphatic carbocycles. The molecule has 0 saturated heterocycles. The average molecular weight is 214 g/mol. The van der Waals surface area contributed by atoms with E-state index in [2.05, 4.69) is 38.1 Å². The fraction of sp³-hybridized carbons (Fsp3) is 0.533. The number of carbonyl (C=O) groups excluding carboxylic acids is 1. The molecule has 1 nitrogen and oxygen atoms in total. The Morgan fingerprint density at radius 3 is 2.12 bits per heavy atom. The van der Waals surface area contributed by atoms with Crippen LogP contribution in [0.1, 0.15) is 31.4 Å². The molecule has 0 heterocycles. The van der Waals surface area contributed by atoms with Crippen LogP contribution in [0.25, 0.3) is 0 Å². The van der Waals surface area contributed by atoms with Crippen molar-refractivity contribution in [2.24, 2.45) is 17.3 Å². The van der Waals surface area contributed by atoms with Crippen LogP contribution >= 0.6 is 0 Å². The smallest absolute Gasteiger partial charge is 0.140 e. The summed E-state index contributed by atoms with van der Waals surface area (Å²) in [4.78, 5) is 12.3. The molecule has 1 saturated carbocycles. The Bertz CT molecular complexity index is 420. The molecule has 0 amide bonds. The van der Waals surface area contributed by atoms with Gasteiger partial charge in [0.2, 0.25) is 0 Å². The van der Waals surface area contributed by atoms with E-state index in [1.165, 1.54) is 11.1 Å². The van der Waals surface area contributed by atoms with E-state index in [9.17, 15) is 4.79 Å². The van der Waals surface area contributed by atoms with Gasteiger partial charge in [0.15, 0.2) is 0 Å². The van der Waals surface area contributed by atoms with Gasteiger partial charge in [0.05, 0.1) is 0 Å². The van der Waals surface area contributed by atoms with Gasteiger partial charge in [-0.1, -0.05) is 38.1 Å². The normalized spacial score (nSPS) is 26.5. The van der Waals surface area contributed by atoms with Gasteiger partial charge in [-0.05, 0) is 35.8 Å². The molecular formula is C15H18O. The van der Waals surface area contributed by atoms with E-state index in [-0.39, 0.29) is 11.3 Å². The zero-order valence-corrected chi connectivity index (χ0v) is 9.99. The van der Waals surface area contributed by atoms with Crippen LogP contribution in [0.5, 0.6) is 0 Å². The molecule has 84 valence electrons. The Kier molecular flexibility index (Phi) is 2.01. The molecule has 0 spiro atoms.